The first kappa shape index (κ1) is 32.1. The summed E-state index contributed by atoms with van der Waals surface area (Å²) in [5, 5.41) is 0. The Morgan fingerprint density at radius 2 is 0.628 bits per heavy atom. The molecule has 0 fully saturated rings. The van der Waals surface area contributed by atoms with Crippen LogP contribution in [0.15, 0.2) is 169 Å². The lowest BCUT2D eigenvalue weighted by Gasteiger charge is -2.09. The van der Waals surface area contributed by atoms with Gasteiger partial charge in [0.05, 0.1) is 9.79 Å². The van der Waals surface area contributed by atoms with E-state index in [4.69, 9.17) is 9.11 Å². The Bertz CT molecular complexity index is 1800. The van der Waals surface area contributed by atoms with Gasteiger partial charge < -0.3 is 0 Å². The van der Waals surface area contributed by atoms with Gasteiger partial charge >= 0.3 is 0 Å². The van der Waals surface area contributed by atoms with E-state index in [1.54, 1.807) is 47.8 Å². The summed E-state index contributed by atoms with van der Waals surface area (Å²) >= 11 is 10.9. The number of thiol groups is 1. The van der Waals surface area contributed by atoms with Gasteiger partial charge in [0.15, 0.2) is 0 Å². The van der Waals surface area contributed by atoms with Gasteiger partial charge in [-0.25, -0.2) is 0 Å². The van der Waals surface area contributed by atoms with Crippen molar-refractivity contribution >= 4 is 79.9 Å². The van der Waals surface area contributed by atoms with Crippen LogP contribution in [0, 0.1) is 0 Å². The molecule has 13 heteroatoms. The van der Waals surface area contributed by atoms with Crippen LogP contribution in [0.25, 0.3) is 0 Å². The molecule has 0 atom stereocenters. The normalized spacial score (nSPS) is 11.9. The van der Waals surface area contributed by atoms with E-state index in [1.165, 1.54) is 47.8 Å². The fourth-order valence-corrected chi connectivity index (χ4v) is 8.68. The highest BCUT2D eigenvalue weighted by Crippen LogP contribution is 2.38. The van der Waals surface area contributed by atoms with Gasteiger partial charge in [0.1, 0.15) is 0 Å². The first-order chi connectivity index (χ1) is 20.4. The zero-order valence-electron chi connectivity index (χ0n) is 21.9. The number of rotatable bonds is 10. The highest BCUT2D eigenvalue weighted by atomic mass is 32.2. The van der Waals surface area contributed by atoms with Gasteiger partial charge in [0, 0.05) is 44.1 Å². The summed E-state index contributed by atoms with van der Waals surface area (Å²) in [6.07, 6.45) is 0. The van der Waals surface area contributed by atoms with Gasteiger partial charge in [0.25, 0.3) is 20.2 Å². The van der Waals surface area contributed by atoms with Crippen LogP contribution >= 0.6 is 59.7 Å². The standard InChI is InChI=1S/C30H22O6S7/c31-42(32,33)29-13-9-25(10-14-29)38-21-1-5-23(6-2-21)40-27-17-20(37)18-28(19-27)41-24-7-3-22(4-8-24)39-26-11-15-30(16-12-26)43(34,35)36/h1-19,37H,(H,31,32,33)(H,34,35,36). The zero-order valence-corrected chi connectivity index (χ0v) is 27.7. The van der Waals surface area contributed by atoms with Crippen molar-refractivity contribution in [2.24, 2.45) is 0 Å². The largest absolute Gasteiger partial charge is 0.294 e. The van der Waals surface area contributed by atoms with E-state index in [9.17, 15) is 16.8 Å². The Balaban J connectivity index is 1.20. The maximum Gasteiger partial charge on any atom is 0.294 e. The number of benzene rings is 5. The Kier molecular flexibility index (Phi) is 10.3. The Labute approximate surface area is 273 Å². The molecule has 0 heterocycles. The predicted octanol–water partition coefficient (Wildman–Crippen LogP) is 9.07. The molecule has 0 aliphatic heterocycles. The van der Waals surface area contributed by atoms with E-state index >= 15 is 0 Å². The second-order valence-electron chi connectivity index (χ2n) is 8.91. The van der Waals surface area contributed by atoms with Crippen LogP contribution in [0.1, 0.15) is 0 Å². The Hall–Kier alpha value is -2.33. The molecular formula is C30H22O6S7. The minimum absolute atomic E-state index is 0.132. The topological polar surface area (TPSA) is 109 Å². The van der Waals surface area contributed by atoms with Crippen LogP contribution in [0.2, 0.25) is 0 Å². The van der Waals surface area contributed by atoms with Crippen molar-refractivity contribution < 1.29 is 25.9 Å². The molecule has 220 valence electrons. The molecule has 0 amide bonds. The summed E-state index contributed by atoms with van der Waals surface area (Å²) in [4.78, 5) is 8.54. The third-order valence-electron chi connectivity index (χ3n) is 5.70. The van der Waals surface area contributed by atoms with E-state index in [1.807, 2.05) is 60.7 Å². The lowest BCUT2D eigenvalue weighted by Crippen LogP contribution is -1.96. The molecular weight excluding hydrogens is 681 g/mol. The van der Waals surface area contributed by atoms with Gasteiger partial charge in [0.2, 0.25) is 0 Å². The molecule has 43 heavy (non-hydrogen) atoms. The number of hydrogen-bond acceptors (Lipinski definition) is 9. The Morgan fingerprint density at radius 3 is 0.884 bits per heavy atom. The molecule has 2 N–H and O–H groups in total. The highest BCUT2D eigenvalue weighted by Gasteiger charge is 2.11. The van der Waals surface area contributed by atoms with Crippen molar-refractivity contribution in [1.82, 2.24) is 0 Å². The third kappa shape index (κ3) is 9.33. The van der Waals surface area contributed by atoms with E-state index in [2.05, 4.69) is 18.7 Å². The van der Waals surface area contributed by atoms with Crippen LogP contribution in [0.4, 0.5) is 0 Å². The molecule has 0 aromatic heterocycles. The molecule has 5 rings (SSSR count). The molecule has 0 unspecified atom stereocenters. The van der Waals surface area contributed by atoms with Crippen LogP contribution < -0.4 is 0 Å². The van der Waals surface area contributed by atoms with Gasteiger partial charge in [-0.1, -0.05) is 47.0 Å². The second-order valence-corrected chi connectivity index (χ2v) is 16.9. The molecule has 0 saturated carbocycles. The third-order valence-corrected chi connectivity index (χ3v) is 11.7. The molecule has 0 bridgehead atoms. The summed E-state index contributed by atoms with van der Waals surface area (Å²) in [5.41, 5.74) is 0. The van der Waals surface area contributed by atoms with Crippen molar-refractivity contribution in [3.63, 3.8) is 0 Å². The van der Waals surface area contributed by atoms with Crippen LogP contribution in [0.3, 0.4) is 0 Å². The first-order valence-electron chi connectivity index (χ1n) is 12.3. The minimum atomic E-state index is -4.21. The van der Waals surface area contributed by atoms with Gasteiger partial charge in [-0.3, -0.25) is 9.11 Å². The molecule has 0 saturated heterocycles. The van der Waals surface area contributed by atoms with Crippen molar-refractivity contribution in [1.29, 1.82) is 0 Å². The van der Waals surface area contributed by atoms with Crippen molar-refractivity contribution in [2.45, 2.75) is 53.9 Å². The van der Waals surface area contributed by atoms with E-state index < -0.39 is 20.2 Å². The van der Waals surface area contributed by atoms with Crippen LogP contribution in [-0.4, -0.2) is 25.9 Å². The molecule has 0 radical (unpaired) electrons. The molecule has 5 aromatic carbocycles. The summed E-state index contributed by atoms with van der Waals surface area (Å²) in [7, 11) is -8.42. The summed E-state index contributed by atoms with van der Waals surface area (Å²) in [6, 6.07) is 34.5. The van der Waals surface area contributed by atoms with Crippen LogP contribution in [0.5, 0.6) is 0 Å². The van der Waals surface area contributed by atoms with Gasteiger partial charge in [-0.05, 0) is 115 Å². The molecule has 0 aliphatic carbocycles. The van der Waals surface area contributed by atoms with E-state index in [-0.39, 0.29) is 9.79 Å². The first-order valence-corrected chi connectivity index (χ1v) is 18.9. The van der Waals surface area contributed by atoms with Crippen molar-refractivity contribution in [2.75, 3.05) is 0 Å². The maximum absolute atomic E-state index is 11.2. The average molecular weight is 703 g/mol. The molecule has 0 spiro atoms. The number of hydrogen-bond donors (Lipinski definition) is 3. The summed E-state index contributed by atoms with van der Waals surface area (Å²) < 4.78 is 63.3. The fraction of sp³-hybridized carbons (Fsp3) is 0. The average Bonchev–Trinajstić information content (AvgIpc) is 2.95. The van der Waals surface area contributed by atoms with Crippen molar-refractivity contribution in [3.8, 4) is 0 Å². The quantitative estimate of drug-likeness (QED) is 0.0964. The minimum Gasteiger partial charge on any atom is -0.282 e. The SMILES string of the molecule is O=S(=O)(O)c1ccc(Sc2ccc(Sc3cc(S)cc(Sc4ccc(Sc5ccc(S(=O)(=O)O)cc5)cc4)c3)cc2)cc1. The highest BCUT2D eigenvalue weighted by molar-refractivity contribution is 8.00. The summed E-state index contributed by atoms with van der Waals surface area (Å²) in [6.45, 7) is 0. The monoisotopic (exact) mass is 702 g/mol. The molecule has 5 aromatic rings. The van der Waals surface area contributed by atoms with Gasteiger partial charge in [-0.2, -0.15) is 16.8 Å². The predicted molar refractivity (Wildman–Crippen MR) is 176 cm³/mol. The second kappa shape index (κ2) is 13.8. The fourth-order valence-electron chi connectivity index (χ4n) is 3.73. The lowest BCUT2D eigenvalue weighted by molar-refractivity contribution is 0.481. The molecule has 6 nitrogen and oxygen atoms in total. The van der Waals surface area contributed by atoms with Crippen LogP contribution in [-0.2, 0) is 20.2 Å². The Morgan fingerprint density at radius 1 is 0.395 bits per heavy atom. The van der Waals surface area contributed by atoms with Gasteiger partial charge in [-0.15, -0.1) is 12.6 Å². The van der Waals surface area contributed by atoms with E-state index in [0.717, 1.165) is 44.1 Å². The van der Waals surface area contributed by atoms with Crippen molar-refractivity contribution in [3.05, 3.63) is 115 Å². The summed E-state index contributed by atoms with van der Waals surface area (Å²) in [5.74, 6) is 0. The van der Waals surface area contributed by atoms with E-state index in [0.29, 0.717) is 0 Å². The lowest BCUT2D eigenvalue weighted by atomic mass is 10.3. The zero-order chi connectivity index (χ0) is 30.6. The smallest absolute Gasteiger partial charge is 0.282 e. The maximum atomic E-state index is 11.2. The molecule has 0 aliphatic rings.